The number of imide groups is 2. The van der Waals surface area contributed by atoms with Gasteiger partial charge in [-0.2, -0.15) is 0 Å². The fraction of sp³-hybridized carbons (Fsp3) is 0.167. The second-order valence-corrected chi connectivity index (χ2v) is 6.93. The summed E-state index contributed by atoms with van der Waals surface area (Å²) in [6, 6.07) is 14.2. The summed E-state index contributed by atoms with van der Waals surface area (Å²) < 4.78 is 10.3. The first-order valence-corrected chi connectivity index (χ1v) is 10.5. The van der Waals surface area contributed by atoms with E-state index in [4.69, 9.17) is 9.47 Å². The first-order valence-electron chi connectivity index (χ1n) is 10.5. The second-order valence-electron chi connectivity index (χ2n) is 6.93. The van der Waals surface area contributed by atoms with E-state index in [1.807, 2.05) is 10.6 Å². The fourth-order valence-corrected chi connectivity index (χ4v) is 2.73. The Bertz CT molecular complexity index is 1050. The van der Waals surface area contributed by atoms with Gasteiger partial charge in [0.25, 0.3) is 11.8 Å². The van der Waals surface area contributed by atoms with E-state index in [-0.39, 0.29) is 11.1 Å². The van der Waals surface area contributed by atoms with E-state index in [9.17, 15) is 28.8 Å². The van der Waals surface area contributed by atoms with E-state index in [0.717, 1.165) is 0 Å². The Morgan fingerprint density at radius 2 is 0.944 bits per heavy atom. The van der Waals surface area contributed by atoms with Crippen molar-refractivity contribution in [2.75, 3.05) is 14.1 Å². The molecule has 0 bridgehead atoms. The van der Waals surface area contributed by atoms with Gasteiger partial charge in [0, 0.05) is 37.4 Å². The van der Waals surface area contributed by atoms with Crippen molar-refractivity contribution in [1.29, 1.82) is 0 Å². The van der Waals surface area contributed by atoms with E-state index in [0.29, 0.717) is 12.2 Å². The normalized spacial score (nSPS) is 11.9. The number of carbonyl (C=O) groups is 6. The number of nitrogens with one attached hydrogen (secondary N) is 4. The van der Waals surface area contributed by atoms with Gasteiger partial charge in [-0.1, -0.05) is 60.7 Å². The molecule has 2 unspecified atom stereocenters. The number of ether oxygens (including phenoxy) is 2. The Kier molecular flexibility index (Phi) is 10.3. The summed E-state index contributed by atoms with van der Waals surface area (Å²) >= 11 is 0. The van der Waals surface area contributed by atoms with Crippen LogP contribution in [0.25, 0.3) is 0 Å². The third kappa shape index (κ3) is 8.41. The van der Waals surface area contributed by atoms with Gasteiger partial charge in [-0.05, 0) is 0 Å². The van der Waals surface area contributed by atoms with Crippen LogP contribution in [0.1, 0.15) is 23.3 Å². The van der Waals surface area contributed by atoms with Crippen LogP contribution in [0.15, 0.2) is 72.8 Å². The molecule has 2 atom stereocenters. The largest absolute Gasteiger partial charge is 0.444 e. The minimum Gasteiger partial charge on any atom is -0.444 e. The summed E-state index contributed by atoms with van der Waals surface area (Å²) in [7, 11) is 2.61. The first-order chi connectivity index (χ1) is 17.2. The molecular weight excluding hydrogens is 472 g/mol. The van der Waals surface area contributed by atoms with Crippen molar-refractivity contribution in [3.63, 3.8) is 0 Å². The zero-order valence-corrected chi connectivity index (χ0v) is 19.3. The van der Waals surface area contributed by atoms with E-state index in [1.54, 1.807) is 36.4 Å². The summed E-state index contributed by atoms with van der Waals surface area (Å²) in [6.07, 6.45) is -1.59. The maximum atomic E-state index is 12.4. The van der Waals surface area contributed by atoms with Crippen molar-refractivity contribution in [3.8, 4) is 0 Å². The molecule has 12 nitrogen and oxygen atoms in total. The summed E-state index contributed by atoms with van der Waals surface area (Å²) in [5, 5.41) is 8.45. The van der Waals surface area contributed by atoms with Crippen LogP contribution >= 0.6 is 0 Å². The van der Waals surface area contributed by atoms with Crippen molar-refractivity contribution >= 4 is 35.8 Å². The topological polar surface area (TPSA) is 169 Å². The Balaban J connectivity index is 2.13. The molecule has 2 aromatic carbocycles. The Morgan fingerprint density at radius 1 is 0.611 bits per heavy atom. The molecule has 188 valence electrons. The summed E-state index contributed by atoms with van der Waals surface area (Å²) in [5.74, 6) is -4.03. The predicted molar refractivity (Wildman–Crippen MR) is 125 cm³/mol. The lowest BCUT2D eigenvalue weighted by Crippen LogP contribution is -2.41. The van der Waals surface area contributed by atoms with E-state index in [1.165, 1.54) is 38.4 Å². The Labute approximate surface area is 206 Å². The minimum atomic E-state index is -1.49. The smallest absolute Gasteiger partial charge is 0.332 e. The monoisotopic (exact) mass is 496 g/mol. The number of hydrogen-bond acceptors (Lipinski definition) is 8. The number of esters is 2. The molecular formula is C24H24N4O8. The molecule has 2 rings (SSSR count). The molecule has 0 aliphatic rings. The molecule has 4 N–H and O–H groups in total. The SMILES string of the molecule is CNC(=O)NC(=O)C(OC(=O)/C=C/C(=O)OC(C(=O)NC(=O)NC)c1ccccc1)c1ccccc1. The summed E-state index contributed by atoms with van der Waals surface area (Å²) in [5.41, 5.74) is 0.552. The van der Waals surface area contributed by atoms with Crippen molar-refractivity contribution < 1.29 is 38.2 Å². The molecule has 0 radical (unpaired) electrons. The molecule has 0 fully saturated rings. The third-order valence-corrected chi connectivity index (χ3v) is 4.43. The number of carbonyl (C=O) groups excluding carboxylic acids is 6. The maximum Gasteiger partial charge on any atom is 0.332 e. The van der Waals surface area contributed by atoms with E-state index >= 15 is 0 Å². The molecule has 0 aliphatic carbocycles. The van der Waals surface area contributed by atoms with Gasteiger partial charge in [0.2, 0.25) is 12.2 Å². The highest BCUT2D eigenvalue weighted by atomic mass is 16.6. The van der Waals surface area contributed by atoms with E-state index in [2.05, 4.69) is 10.6 Å². The lowest BCUT2D eigenvalue weighted by molar-refractivity contribution is -0.153. The number of rotatable bonds is 8. The molecule has 6 amide bonds. The van der Waals surface area contributed by atoms with E-state index < -0.39 is 48.0 Å². The zero-order chi connectivity index (χ0) is 26.5. The van der Waals surface area contributed by atoms with Crippen molar-refractivity contribution in [2.24, 2.45) is 0 Å². The average molecular weight is 496 g/mol. The molecule has 0 saturated carbocycles. The highest BCUT2D eigenvalue weighted by Crippen LogP contribution is 2.19. The van der Waals surface area contributed by atoms with Crippen LogP contribution < -0.4 is 21.3 Å². The van der Waals surface area contributed by atoms with Gasteiger partial charge in [0.15, 0.2) is 0 Å². The molecule has 0 aliphatic heterocycles. The molecule has 36 heavy (non-hydrogen) atoms. The van der Waals surface area contributed by atoms with Gasteiger partial charge < -0.3 is 20.1 Å². The number of amides is 6. The van der Waals surface area contributed by atoms with Gasteiger partial charge in [-0.3, -0.25) is 20.2 Å². The number of benzene rings is 2. The lowest BCUT2D eigenvalue weighted by atomic mass is 10.1. The fourth-order valence-electron chi connectivity index (χ4n) is 2.73. The molecule has 0 aromatic heterocycles. The standard InChI is InChI=1S/C24H24N4O8/c1-25-23(33)27-21(31)19(15-9-5-3-6-10-15)35-17(29)13-14-18(30)36-20(16-11-7-4-8-12-16)22(32)28-24(34)26-2/h3-14,19-20H,1-2H3,(H2,25,27,31,33)(H2,26,28,32,34)/b14-13+. The Hall–Kier alpha value is -5.00. The minimum absolute atomic E-state index is 0.276. The molecule has 12 heteroatoms. The highest BCUT2D eigenvalue weighted by molar-refractivity contribution is 6.00. The molecule has 2 aromatic rings. The first kappa shape index (κ1) is 27.2. The lowest BCUT2D eigenvalue weighted by Gasteiger charge is -2.17. The quantitative estimate of drug-likeness (QED) is 0.310. The Morgan fingerprint density at radius 3 is 1.25 bits per heavy atom. The van der Waals surface area contributed by atoms with Gasteiger partial charge in [-0.25, -0.2) is 19.2 Å². The van der Waals surface area contributed by atoms with Crippen molar-refractivity contribution in [2.45, 2.75) is 12.2 Å². The summed E-state index contributed by atoms with van der Waals surface area (Å²) in [4.78, 5) is 72.5. The molecule has 0 spiro atoms. The average Bonchev–Trinajstić information content (AvgIpc) is 2.89. The van der Waals surface area contributed by atoms with Crippen LogP contribution in [0.5, 0.6) is 0 Å². The van der Waals surface area contributed by atoms with Gasteiger partial charge >= 0.3 is 24.0 Å². The molecule has 0 saturated heterocycles. The maximum absolute atomic E-state index is 12.4. The van der Waals surface area contributed by atoms with Crippen LogP contribution in [0.3, 0.4) is 0 Å². The molecule has 0 heterocycles. The highest BCUT2D eigenvalue weighted by Gasteiger charge is 2.27. The van der Waals surface area contributed by atoms with Crippen LogP contribution in [0.4, 0.5) is 9.59 Å². The van der Waals surface area contributed by atoms with Gasteiger partial charge in [0.1, 0.15) is 0 Å². The van der Waals surface area contributed by atoms with Crippen molar-refractivity contribution in [3.05, 3.63) is 83.9 Å². The third-order valence-electron chi connectivity index (χ3n) is 4.43. The van der Waals surface area contributed by atoms with Crippen LogP contribution in [0.2, 0.25) is 0 Å². The second kappa shape index (κ2) is 13.6. The number of hydrogen-bond donors (Lipinski definition) is 4. The van der Waals surface area contributed by atoms with Crippen LogP contribution in [0, 0.1) is 0 Å². The summed E-state index contributed by atoms with van der Waals surface area (Å²) in [6.45, 7) is 0. The predicted octanol–water partition coefficient (Wildman–Crippen LogP) is 1.02. The zero-order valence-electron chi connectivity index (χ0n) is 19.3. The van der Waals surface area contributed by atoms with Crippen LogP contribution in [-0.2, 0) is 28.7 Å². The van der Waals surface area contributed by atoms with Gasteiger partial charge in [0.05, 0.1) is 0 Å². The van der Waals surface area contributed by atoms with Crippen LogP contribution in [-0.4, -0.2) is 49.9 Å². The van der Waals surface area contributed by atoms with Crippen molar-refractivity contribution in [1.82, 2.24) is 21.3 Å². The number of urea groups is 2. The van der Waals surface area contributed by atoms with Gasteiger partial charge in [-0.15, -0.1) is 0 Å².